The van der Waals surface area contributed by atoms with Crippen LogP contribution in [0.2, 0.25) is 0 Å². The summed E-state index contributed by atoms with van der Waals surface area (Å²) in [6.07, 6.45) is 9.80. The van der Waals surface area contributed by atoms with Gasteiger partial charge in [0.1, 0.15) is 0 Å². The predicted octanol–water partition coefficient (Wildman–Crippen LogP) is 3.62. The molecule has 0 aromatic rings. The van der Waals surface area contributed by atoms with Crippen LogP contribution in [0.15, 0.2) is 12.2 Å². The van der Waals surface area contributed by atoms with E-state index in [1.54, 1.807) is 6.08 Å². The van der Waals surface area contributed by atoms with E-state index in [4.69, 9.17) is 0 Å². The van der Waals surface area contributed by atoms with Crippen LogP contribution in [-0.2, 0) is 4.79 Å². The number of nitrogens with zero attached hydrogens (tertiary/aromatic N) is 1. The van der Waals surface area contributed by atoms with Crippen molar-refractivity contribution < 1.29 is 9.90 Å². The normalized spacial score (nSPS) is 56.7. The molecule has 1 aliphatic heterocycles. The van der Waals surface area contributed by atoms with Crippen LogP contribution in [-0.4, -0.2) is 34.6 Å². The maximum absolute atomic E-state index is 12.1. The quantitative estimate of drug-likeness (QED) is 0.736. The molecule has 4 aliphatic rings. The summed E-state index contributed by atoms with van der Waals surface area (Å²) in [7, 11) is 1.98. The van der Waals surface area contributed by atoms with E-state index in [9.17, 15) is 9.90 Å². The zero-order chi connectivity index (χ0) is 17.5. The van der Waals surface area contributed by atoms with Crippen LogP contribution in [0.1, 0.15) is 59.8 Å². The largest absolute Gasteiger partial charge is 0.389 e. The van der Waals surface area contributed by atoms with E-state index in [1.807, 2.05) is 11.9 Å². The summed E-state index contributed by atoms with van der Waals surface area (Å²) in [5, 5.41) is 11.2. The van der Waals surface area contributed by atoms with Crippen molar-refractivity contribution >= 4 is 5.91 Å². The second kappa shape index (κ2) is 4.87. The molecule has 4 rings (SSSR count). The van der Waals surface area contributed by atoms with Gasteiger partial charge >= 0.3 is 0 Å². The van der Waals surface area contributed by atoms with E-state index in [0.29, 0.717) is 29.7 Å². The third-order valence-corrected chi connectivity index (χ3v) is 9.24. The molecule has 134 valence electrons. The van der Waals surface area contributed by atoms with E-state index < -0.39 is 5.60 Å². The van der Waals surface area contributed by atoms with Gasteiger partial charge < -0.3 is 10.0 Å². The van der Waals surface area contributed by atoms with Crippen LogP contribution in [0.5, 0.6) is 0 Å². The van der Waals surface area contributed by atoms with Crippen LogP contribution in [0.25, 0.3) is 0 Å². The lowest BCUT2D eigenvalue weighted by molar-refractivity contribution is -0.149. The summed E-state index contributed by atoms with van der Waals surface area (Å²) in [6.45, 7) is 9.04. The fraction of sp³-hybridized carbons (Fsp3) is 0.857. The molecule has 3 nitrogen and oxygen atoms in total. The highest BCUT2D eigenvalue weighted by Gasteiger charge is 2.65. The number of carbonyl (C=O) groups is 1. The molecule has 3 saturated carbocycles. The summed E-state index contributed by atoms with van der Waals surface area (Å²) < 4.78 is 0. The molecule has 0 aromatic carbocycles. The highest BCUT2D eigenvalue weighted by molar-refractivity contribution is 5.89. The third kappa shape index (κ3) is 1.80. The molecule has 0 saturated heterocycles. The van der Waals surface area contributed by atoms with Gasteiger partial charge in [0, 0.05) is 18.5 Å². The topological polar surface area (TPSA) is 40.5 Å². The van der Waals surface area contributed by atoms with E-state index in [2.05, 4.69) is 33.8 Å². The minimum absolute atomic E-state index is 0.0525. The summed E-state index contributed by atoms with van der Waals surface area (Å²) in [6, 6.07) is 0.347. The second-order valence-corrected chi connectivity index (χ2v) is 9.86. The molecule has 0 spiro atoms. The van der Waals surface area contributed by atoms with Gasteiger partial charge in [0.2, 0.25) is 5.91 Å². The molecule has 0 unspecified atom stereocenters. The minimum Gasteiger partial charge on any atom is -0.389 e. The molecule has 1 N–H and O–H groups in total. The molecule has 3 heteroatoms. The molecule has 3 aliphatic carbocycles. The van der Waals surface area contributed by atoms with Gasteiger partial charge in [-0.25, -0.2) is 0 Å². The van der Waals surface area contributed by atoms with E-state index >= 15 is 0 Å². The van der Waals surface area contributed by atoms with Crippen LogP contribution in [0, 0.1) is 34.5 Å². The molecule has 1 amide bonds. The Labute approximate surface area is 146 Å². The Kier molecular flexibility index (Phi) is 3.37. The molecule has 0 aromatic heterocycles. The average molecular weight is 332 g/mol. The highest BCUT2D eigenvalue weighted by atomic mass is 16.3. The molecule has 0 bridgehead atoms. The first kappa shape index (κ1) is 16.6. The van der Waals surface area contributed by atoms with Crippen LogP contribution in [0.4, 0.5) is 0 Å². The van der Waals surface area contributed by atoms with Gasteiger partial charge in [-0.15, -0.1) is 0 Å². The molecule has 1 heterocycles. The van der Waals surface area contributed by atoms with Gasteiger partial charge in [-0.2, -0.15) is 0 Å². The molecular weight excluding hydrogens is 298 g/mol. The Balaban J connectivity index is 1.71. The van der Waals surface area contributed by atoms with Crippen molar-refractivity contribution in [2.75, 3.05) is 7.05 Å². The number of fused-ring (bicyclic) bond motifs is 5. The zero-order valence-electron chi connectivity index (χ0n) is 15.9. The number of amides is 1. The van der Waals surface area contributed by atoms with E-state index in [0.717, 1.165) is 19.3 Å². The Morgan fingerprint density at radius 3 is 2.58 bits per heavy atom. The summed E-state index contributed by atoms with van der Waals surface area (Å²) in [5.41, 5.74) is -0.392. The number of aliphatic hydroxyl groups is 1. The molecule has 24 heavy (non-hydrogen) atoms. The second-order valence-electron chi connectivity index (χ2n) is 9.86. The van der Waals surface area contributed by atoms with Crippen molar-refractivity contribution in [2.45, 2.75) is 71.4 Å². The van der Waals surface area contributed by atoms with Crippen molar-refractivity contribution in [1.82, 2.24) is 4.90 Å². The summed E-state index contributed by atoms with van der Waals surface area (Å²) in [5.74, 6) is 2.49. The van der Waals surface area contributed by atoms with Gasteiger partial charge in [-0.05, 0) is 74.2 Å². The monoisotopic (exact) mass is 331 g/mol. The lowest BCUT2D eigenvalue weighted by Gasteiger charge is -2.60. The van der Waals surface area contributed by atoms with Crippen molar-refractivity contribution in [2.24, 2.45) is 34.5 Å². The predicted molar refractivity (Wildman–Crippen MR) is 95.3 cm³/mol. The van der Waals surface area contributed by atoms with Crippen molar-refractivity contribution in [1.29, 1.82) is 0 Å². The third-order valence-electron chi connectivity index (χ3n) is 9.24. The van der Waals surface area contributed by atoms with E-state index in [1.165, 1.54) is 12.8 Å². The van der Waals surface area contributed by atoms with Crippen molar-refractivity contribution in [3.63, 3.8) is 0 Å². The molecule has 3 fully saturated rings. The fourth-order valence-electron chi connectivity index (χ4n) is 7.29. The standard InChI is InChI=1S/C21H33NO2/c1-13-12-16-14-6-7-17-19(2,10-9-18(23)22(17)5)15(14)8-11-20(16,3)21(13,4)24/h9-10,13-17,24H,6-8,11-12H2,1-5H3/t13-,14-,15+,16+,17-,19-,20+,21+/m1/s1. The van der Waals surface area contributed by atoms with Gasteiger partial charge in [0.15, 0.2) is 0 Å². The zero-order valence-corrected chi connectivity index (χ0v) is 15.9. The van der Waals surface area contributed by atoms with Crippen LogP contribution in [0.3, 0.4) is 0 Å². The van der Waals surface area contributed by atoms with Crippen molar-refractivity contribution in [3.05, 3.63) is 12.2 Å². The van der Waals surface area contributed by atoms with E-state index in [-0.39, 0.29) is 16.7 Å². The maximum Gasteiger partial charge on any atom is 0.246 e. The lowest BCUT2D eigenvalue weighted by Crippen LogP contribution is -2.60. The minimum atomic E-state index is -0.546. The van der Waals surface area contributed by atoms with Gasteiger partial charge in [0.25, 0.3) is 0 Å². The van der Waals surface area contributed by atoms with Gasteiger partial charge in [0.05, 0.1) is 5.60 Å². The van der Waals surface area contributed by atoms with Crippen molar-refractivity contribution in [3.8, 4) is 0 Å². The van der Waals surface area contributed by atoms with Crippen LogP contribution < -0.4 is 0 Å². The summed E-state index contributed by atoms with van der Waals surface area (Å²) in [4.78, 5) is 14.1. The maximum atomic E-state index is 12.1. The van der Waals surface area contributed by atoms with Gasteiger partial charge in [-0.1, -0.05) is 26.8 Å². The first-order valence-electron chi connectivity index (χ1n) is 9.81. The average Bonchev–Trinajstić information content (AvgIpc) is 2.71. The Bertz CT molecular complexity index is 597. The smallest absolute Gasteiger partial charge is 0.246 e. The SMILES string of the molecule is C[C@@H]1C[C@H]2[C@@H]3CC[C@H]4N(C)C(=O)C=C[C@]4(C)[C@H]3CC[C@]2(C)[C@@]1(C)O. The number of hydrogen-bond acceptors (Lipinski definition) is 2. The summed E-state index contributed by atoms with van der Waals surface area (Å²) >= 11 is 0. The Morgan fingerprint density at radius 2 is 1.88 bits per heavy atom. The molecule has 8 atom stereocenters. The number of rotatable bonds is 0. The number of hydrogen-bond donors (Lipinski definition) is 1. The first-order valence-corrected chi connectivity index (χ1v) is 9.81. The Hall–Kier alpha value is -0.830. The number of likely N-dealkylation sites (N-methyl/N-ethyl adjacent to an activating group) is 1. The lowest BCUT2D eigenvalue weighted by atomic mass is 9.47. The van der Waals surface area contributed by atoms with Gasteiger partial charge in [-0.3, -0.25) is 4.79 Å². The van der Waals surface area contributed by atoms with Crippen LogP contribution >= 0.6 is 0 Å². The Morgan fingerprint density at radius 1 is 1.17 bits per heavy atom. The fourth-order valence-corrected chi connectivity index (χ4v) is 7.29. The molecular formula is C21H33NO2. The first-order chi connectivity index (χ1) is 11.1. The number of carbonyl (C=O) groups excluding carboxylic acids is 1. The highest BCUT2D eigenvalue weighted by Crippen LogP contribution is 2.67. The molecule has 0 radical (unpaired) electrons.